The molecule has 2 nitrogen and oxygen atoms in total. The van der Waals surface area contributed by atoms with Gasteiger partial charge >= 0.3 is 0 Å². The Hall–Kier alpha value is -1.39. The number of halogens is 2. The van der Waals surface area contributed by atoms with Crippen molar-refractivity contribution in [3.63, 3.8) is 0 Å². The van der Waals surface area contributed by atoms with Crippen LogP contribution >= 0.6 is 22.9 Å². The van der Waals surface area contributed by atoms with Crippen LogP contribution in [0.15, 0.2) is 29.6 Å². The van der Waals surface area contributed by atoms with E-state index in [2.05, 4.69) is 0 Å². The molecule has 82 valence electrons. The van der Waals surface area contributed by atoms with Crippen LogP contribution in [0.1, 0.15) is 15.2 Å². The first kappa shape index (κ1) is 11.1. The summed E-state index contributed by atoms with van der Waals surface area (Å²) in [5.74, 6) is -0.845. The van der Waals surface area contributed by atoms with Crippen LogP contribution in [-0.2, 0) is 0 Å². The van der Waals surface area contributed by atoms with Gasteiger partial charge in [0.05, 0.1) is 9.90 Å². The van der Waals surface area contributed by atoms with Gasteiger partial charge in [0.25, 0.3) is 0 Å². The molecule has 0 aliphatic rings. The molecule has 0 unspecified atom stereocenters. The second-order valence-electron chi connectivity index (χ2n) is 3.16. The molecule has 2 aromatic rings. The molecule has 0 saturated carbocycles. The van der Waals surface area contributed by atoms with Gasteiger partial charge in [-0.25, -0.2) is 4.39 Å². The van der Waals surface area contributed by atoms with Crippen LogP contribution in [0.25, 0.3) is 0 Å². The quantitative estimate of drug-likeness (QED) is 0.661. The predicted molar refractivity (Wildman–Crippen MR) is 63.6 cm³/mol. The van der Waals surface area contributed by atoms with Gasteiger partial charge in [-0.05, 0) is 29.6 Å². The van der Waals surface area contributed by atoms with Crippen molar-refractivity contribution in [1.82, 2.24) is 0 Å². The van der Waals surface area contributed by atoms with E-state index in [0.717, 1.165) is 6.07 Å². The zero-order chi connectivity index (χ0) is 11.7. The maximum Gasteiger partial charge on any atom is 0.206 e. The first-order valence-electron chi connectivity index (χ1n) is 4.42. The molecule has 1 heterocycles. The van der Waals surface area contributed by atoms with Gasteiger partial charge in [0.15, 0.2) is 0 Å². The molecule has 1 aromatic heterocycles. The molecule has 0 aliphatic carbocycles. The van der Waals surface area contributed by atoms with Crippen molar-refractivity contribution in [2.24, 2.45) is 0 Å². The molecule has 2 rings (SSSR count). The summed E-state index contributed by atoms with van der Waals surface area (Å²) in [5, 5.41) is 2.06. The summed E-state index contributed by atoms with van der Waals surface area (Å²) in [4.78, 5) is 12.4. The van der Waals surface area contributed by atoms with E-state index in [1.807, 2.05) is 0 Å². The third-order valence-corrected chi connectivity index (χ3v) is 3.42. The Bertz CT molecular complexity index is 553. The number of ketones is 1. The average molecular weight is 256 g/mol. The van der Waals surface area contributed by atoms with Gasteiger partial charge in [-0.15, -0.1) is 11.3 Å². The summed E-state index contributed by atoms with van der Waals surface area (Å²) in [6.07, 6.45) is 0. The number of nitrogens with two attached hydrogens (primary N) is 1. The van der Waals surface area contributed by atoms with Crippen LogP contribution in [0.4, 0.5) is 10.1 Å². The Labute approximate surface area is 100 Å². The monoisotopic (exact) mass is 255 g/mol. The fraction of sp³-hybridized carbons (Fsp3) is 0. The Morgan fingerprint density at radius 1 is 1.38 bits per heavy atom. The normalized spacial score (nSPS) is 10.4. The molecule has 0 fully saturated rings. The summed E-state index contributed by atoms with van der Waals surface area (Å²) < 4.78 is 13.0. The number of hydrogen-bond acceptors (Lipinski definition) is 3. The van der Waals surface area contributed by atoms with Crippen molar-refractivity contribution in [3.8, 4) is 0 Å². The number of hydrogen-bond donors (Lipinski definition) is 1. The van der Waals surface area contributed by atoms with E-state index < -0.39 is 5.82 Å². The largest absolute Gasteiger partial charge is 0.398 e. The Morgan fingerprint density at radius 3 is 2.75 bits per heavy atom. The van der Waals surface area contributed by atoms with Crippen molar-refractivity contribution >= 4 is 34.4 Å². The predicted octanol–water partition coefficient (Wildman–Crippen LogP) is 3.35. The van der Waals surface area contributed by atoms with Crippen LogP contribution in [0.5, 0.6) is 0 Å². The minimum atomic E-state index is -0.495. The molecule has 2 N–H and O–H groups in total. The Balaban J connectivity index is 2.49. The van der Waals surface area contributed by atoms with Crippen molar-refractivity contribution < 1.29 is 9.18 Å². The van der Waals surface area contributed by atoms with Crippen molar-refractivity contribution in [3.05, 3.63) is 50.9 Å². The smallest absolute Gasteiger partial charge is 0.206 e. The third kappa shape index (κ3) is 1.94. The van der Waals surface area contributed by atoms with Crippen LogP contribution in [0, 0.1) is 5.82 Å². The molecule has 16 heavy (non-hydrogen) atoms. The molecule has 0 radical (unpaired) electrons. The summed E-state index contributed by atoms with van der Waals surface area (Å²) in [5.41, 5.74) is 6.01. The van der Waals surface area contributed by atoms with Gasteiger partial charge in [0.2, 0.25) is 5.78 Å². The molecular formula is C11H7ClFNOS. The Kier molecular flexibility index (Phi) is 2.94. The molecular weight excluding hydrogens is 249 g/mol. The fourth-order valence-electron chi connectivity index (χ4n) is 1.30. The number of benzene rings is 1. The minimum Gasteiger partial charge on any atom is -0.398 e. The fourth-order valence-corrected chi connectivity index (χ4v) is 2.40. The maximum atomic E-state index is 13.0. The molecule has 0 spiro atoms. The van der Waals surface area contributed by atoms with E-state index in [0.29, 0.717) is 9.90 Å². The molecule has 0 atom stereocenters. The van der Waals surface area contributed by atoms with E-state index in [9.17, 15) is 9.18 Å². The van der Waals surface area contributed by atoms with Crippen LogP contribution in [0.2, 0.25) is 5.02 Å². The SMILES string of the molecule is Nc1ccc(F)cc1C(=O)c1sccc1Cl. The molecule has 0 amide bonds. The highest BCUT2D eigenvalue weighted by Gasteiger charge is 2.17. The van der Waals surface area contributed by atoms with Gasteiger partial charge in [-0.1, -0.05) is 11.6 Å². The number of anilines is 1. The maximum absolute atomic E-state index is 13.0. The molecule has 0 bridgehead atoms. The first-order chi connectivity index (χ1) is 7.59. The highest BCUT2D eigenvalue weighted by Crippen LogP contribution is 2.27. The van der Waals surface area contributed by atoms with Crippen LogP contribution < -0.4 is 5.73 Å². The number of carbonyl (C=O) groups excluding carboxylic acids is 1. The summed E-state index contributed by atoms with van der Waals surface area (Å²) in [6, 6.07) is 5.31. The lowest BCUT2D eigenvalue weighted by Crippen LogP contribution is -2.04. The standard InChI is InChI=1S/C11H7ClFNOS/c12-8-3-4-16-11(8)10(15)7-5-6(13)1-2-9(7)14/h1-5H,14H2. The van der Waals surface area contributed by atoms with Crippen LogP contribution in [-0.4, -0.2) is 5.78 Å². The van der Waals surface area contributed by atoms with Gasteiger partial charge in [0, 0.05) is 11.3 Å². The van der Waals surface area contributed by atoms with Gasteiger partial charge in [0.1, 0.15) is 5.82 Å². The summed E-state index contributed by atoms with van der Waals surface area (Å²) >= 11 is 7.04. The second kappa shape index (κ2) is 4.23. The summed E-state index contributed by atoms with van der Waals surface area (Å²) in [7, 11) is 0. The van der Waals surface area contributed by atoms with Gasteiger partial charge < -0.3 is 5.73 Å². The second-order valence-corrected chi connectivity index (χ2v) is 4.48. The number of rotatable bonds is 2. The zero-order valence-electron chi connectivity index (χ0n) is 8.04. The van der Waals surface area contributed by atoms with Crippen molar-refractivity contribution in [1.29, 1.82) is 0 Å². The topological polar surface area (TPSA) is 43.1 Å². The minimum absolute atomic E-state index is 0.143. The highest BCUT2D eigenvalue weighted by molar-refractivity contribution is 7.13. The average Bonchev–Trinajstić information content (AvgIpc) is 2.67. The first-order valence-corrected chi connectivity index (χ1v) is 5.68. The number of carbonyl (C=O) groups is 1. The lowest BCUT2D eigenvalue weighted by molar-refractivity contribution is 0.104. The molecule has 5 heteroatoms. The molecule has 0 saturated heterocycles. The third-order valence-electron chi connectivity index (χ3n) is 2.08. The van der Waals surface area contributed by atoms with E-state index in [1.165, 1.54) is 23.5 Å². The zero-order valence-corrected chi connectivity index (χ0v) is 9.61. The van der Waals surface area contributed by atoms with E-state index in [1.54, 1.807) is 11.4 Å². The van der Waals surface area contributed by atoms with Crippen LogP contribution in [0.3, 0.4) is 0 Å². The van der Waals surface area contributed by atoms with E-state index in [-0.39, 0.29) is 17.0 Å². The molecule has 1 aromatic carbocycles. The van der Waals surface area contributed by atoms with E-state index in [4.69, 9.17) is 17.3 Å². The highest BCUT2D eigenvalue weighted by atomic mass is 35.5. The lowest BCUT2D eigenvalue weighted by Gasteiger charge is -2.03. The Morgan fingerprint density at radius 2 is 2.12 bits per heavy atom. The van der Waals surface area contributed by atoms with Crippen molar-refractivity contribution in [2.45, 2.75) is 0 Å². The lowest BCUT2D eigenvalue weighted by atomic mass is 10.1. The van der Waals surface area contributed by atoms with Gasteiger partial charge in [-0.3, -0.25) is 4.79 Å². The summed E-state index contributed by atoms with van der Waals surface area (Å²) in [6.45, 7) is 0. The van der Waals surface area contributed by atoms with Gasteiger partial charge in [-0.2, -0.15) is 0 Å². The molecule has 0 aliphatic heterocycles. The number of thiophene rings is 1. The van der Waals surface area contributed by atoms with E-state index >= 15 is 0 Å². The number of nitrogen functional groups attached to an aromatic ring is 1. The van der Waals surface area contributed by atoms with Crippen molar-refractivity contribution in [2.75, 3.05) is 5.73 Å².